The van der Waals surface area contributed by atoms with Crippen molar-refractivity contribution in [1.82, 2.24) is 0 Å². The number of carbonyl (C=O) groups excluding carboxylic acids is 1. The molecule has 18 heavy (non-hydrogen) atoms. The normalized spacial score (nSPS) is 9.67. The average molecular weight is 375 g/mol. The molecule has 0 saturated carbocycles. The second kappa shape index (κ2) is 6.75. The van der Waals surface area contributed by atoms with Crippen molar-refractivity contribution in [2.45, 2.75) is 6.54 Å². The highest BCUT2D eigenvalue weighted by molar-refractivity contribution is 9.10. The third kappa shape index (κ3) is 3.71. The molecule has 0 bridgehead atoms. The number of hydrogen-bond donors (Lipinski definition) is 0. The highest BCUT2D eigenvalue weighted by Gasteiger charge is 2.14. The lowest BCUT2D eigenvalue weighted by atomic mass is 10.1. The summed E-state index contributed by atoms with van der Waals surface area (Å²) in [4.78, 5) is 11.9. The molecule has 0 atom stereocenters. The van der Waals surface area contributed by atoms with Crippen LogP contribution >= 0.6 is 15.9 Å². The van der Waals surface area contributed by atoms with Crippen LogP contribution in [0.4, 0.5) is 4.39 Å². The number of hydrogen-bond acceptors (Lipinski definition) is 1. The number of nitrogens with zero attached hydrogens (tertiary/aromatic N) is 1. The summed E-state index contributed by atoms with van der Waals surface area (Å²) in [7, 11) is 0. The fraction of sp³-hybridized carbons (Fsp3) is 0.0769. The molecule has 2 aromatic rings. The molecule has 5 heteroatoms. The Bertz CT molecular complexity index is 543. The van der Waals surface area contributed by atoms with Crippen LogP contribution in [0.1, 0.15) is 10.4 Å². The standard InChI is InChI=1S/C13H10BrFNO.BrH/c14-13-3-1-2-8-16(13)9-12(17)10-4-6-11(15)7-5-10;/h1-8H,9H2;1H/q+1;/p-1. The molecule has 2 rings (SSSR count). The lowest BCUT2D eigenvalue weighted by molar-refractivity contribution is -0.694. The van der Waals surface area contributed by atoms with Gasteiger partial charge < -0.3 is 17.0 Å². The van der Waals surface area contributed by atoms with Gasteiger partial charge in [0.1, 0.15) is 5.82 Å². The third-order valence-corrected chi connectivity index (χ3v) is 3.09. The molecule has 0 unspecified atom stereocenters. The molecule has 1 aromatic heterocycles. The number of benzene rings is 1. The van der Waals surface area contributed by atoms with Crippen molar-refractivity contribution in [2.75, 3.05) is 0 Å². The summed E-state index contributed by atoms with van der Waals surface area (Å²) in [5.74, 6) is -0.392. The highest BCUT2D eigenvalue weighted by atomic mass is 79.9. The summed E-state index contributed by atoms with van der Waals surface area (Å²) >= 11 is 3.36. The van der Waals surface area contributed by atoms with E-state index in [0.29, 0.717) is 5.56 Å². The quantitative estimate of drug-likeness (QED) is 0.413. The summed E-state index contributed by atoms with van der Waals surface area (Å²) in [6, 6.07) is 11.2. The summed E-state index contributed by atoms with van der Waals surface area (Å²) in [6.45, 7) is 0.229. The summed E-state index contributed by atoms with van der Waals surface area (Å²) in [5, 5.41) is 0. The predicted octanol–water partition coefficient (Wildman–Crippen LogP) is -0.237. The SMILES string of the molecule is O=C(C[n+]1ccccc1Br)c1ccc(F)cc1.[Br-]. The second-order valence-electron chi connectivity index (χ2n) is 3.58. The third-order valence-electron chi connectivity index (χ3n) is 2.37. The fourth-order valence-corrected chi connectivity index (χ4v) is 1.86. The van der Waals surface area contributed by atoms with E-state index in [0.717, 1.165) is 4.60 Å². The van der Waals surface area contributed by atoms with E-state index < -0.39 is 0 Å². The van der Waals surface area contributed by atoms with E-state index in [1.807, 2.05) is 24.4 Å². The minimum atomic E-state index is -0.338. The molecule has 0 saturated heterocycles. The molecule has 0 aliphatic carbocycles. The lowest BCUT2D eigenvalue weighted by Crippen LogP contribution is -3.00. The lowest BCUT2D eigenvalue weighted by Gasteiger charge is -1.99. The van der Waals surface area contributed by atoms with Crippen LogP contribution in [-0.2, 0) is 6.54 Å². The van der Waals surface area contributed by atoms with Crippen LogP contribution < -0.4 is 21.5 Å². The number of aromatic nitrogens is 1. The van der Waals surface area contributed by atoms with Crippen LogP contribution in [0.25, 0.3) is 0 Å². The minimum Gasteiger partial charge on any atom is -1.00 e. The van der Waals surface area contributed by atoms with E-state index in [2.05, 4.69) is 15.9 Å². The van der Waals surface area contributed by atoms with Gasteiger partial charge in [-0.05, 0) is 30.3 Å². The molecule has 0 radical (unpaired) electrons. The van der Waals surface area contributed by atoms with Crippen molar-refractivity contribution in [1.29, 1.82) is 0 Å². The Morgan fingerprint density at radius 1 is 1.17 bits per heavy atom. The van der Waals surface area contributed by atoms with Crippen LogP contribution in [0, 0.1) is 5.82 Å². The molecule has 2 nitrogen and oxygen atoms in total. The van der Waals surface area contributed by atoms with Gasteiger partial charge in [0.25, 0.3) is 0 Å². The van der Waals surface area contributed by atoms with Crippen LogP contribution in [0.3, 0.4) is 0 Å². The van der Waals surface area contributed by atoms with Crippen molar-refractivity contribution in [3.05, 3.63) is 64.6 Å². The van der Waals surface area contributed by atoms with Gasteiger partial charge in [-0.1, -0.05) is 0 Å². The molecule has 1 heterocycles. The monoisotopic (exact) mass is 373 g/mol. The Kier molecular flexibility index (Phi) is 5.62. The van der Waals surface area contributed by atoms with Crippen LogP contribution in [0.2, 0.25) is 0 Å². The van der Waals surface area contributed by atoms with Crippen LogP contribution in [0.5, 0.6) is 0 Å². The molecular weight excluding hydrogens is 365 g/mol. The zero-order valence-electron chi connectivity index (χ0n) is 9.32. The number of rotatable bonds is 3. The van der Waals surface area contributed by atoms with Gasteiger partial charge >= 0.3 is 0 Å². The fourth-order valence-electron chi connectivity index (χ4n) is 1.47. The van der Waals surface area contributed by atoms with Gasteiger partial charge in [0.05, 0.1) is 0 Å². The van der Waals surface area contributed by atoms with Gasteiger partial charge in [-0.3, -0.25) is 4.79 Å². The van der Waals surface area contributed by atoms with E-state index in [9.17, 15) is 9.18 Å². The summed E-state index contributed by atoms with van der Waals surface area (Å²) < 4.78 is 15.3. The molecular formula is C13H10Br2FNO. The topological polar surface area (TPSA) is 20.9 Å². The first kappa shape index (κ1) is 15.0. The maximum absolute atomic E-state index is 12.7. The molecule has 0 spiro atoms. The maximum Gasteiger partial charge on any atom is 0.248 e. The Labute approximate surface area is 123 Å². The number of halogens is 3. The van der Waals surface area contributed by atoms with E-state index in [1.165, 1.54) is 24.3 Å². The average Bonchev–Trinajstić information content (AvgIpc) is 2.33. The molecule has 0 aliphatic rings. The number of ketones is 1. The summed E-state index contributed by atoms with van der Waals surface area (Å²) in [5.41, 5.74) is 0.509. The van der Waals surface area contributed by atoms with E-state index >= 15 is 0 Å². The number of Topliss-reactive ketones (excluding diaryl/α,β-unsaturated/α-hetero) is 1. The zero-order chi connectivity index (χ0) is 12.3. The van der Waals surface area contributed by atoms with Crippen LogP contribution in [-0.4, -0.2) is 5.78 Å². The minimum absolute atomic E-state index is 0. The second-order valence-corrected chi connectivity index (χ2v) is 4.39. The van der Waals surface area contributed by atoms with Crippen LogP contribution in [0.15, 0.2) is 53.3 Å². The predicted molar refractivity (Wildman–Crippen MR) is 65.1 cm³/mol. The Hall–Kier alpha value is -1.07. The van der Waals surface area contributed by atoms with Gasteiger partial charge in [0.2, 0.25) is 16.9 Å². The van der Waals surface area contributed by atoms with E-state index in [4.69, 9.17) is 0 Å². The first-order chi connectivity index (χ1) is 8.16. The van der Waals surface area contributed by atoms with Gasteiger partial charge in [-0.25, -0.2) is 4.39 Å². The summed E-state index contributed by atoms with van der Waals surface area (Å²) in [6.07, 6.45) is 1.81. The highest BCUT2D eigenvalue weighted by Crippen LogP contribution is 2.05. The van der Waals surface area contributed by atoms with E-state index in [1.54, 1.807) is 4.57 Å². The first-order valence-corrected chi connectivity index (χ1v) is 5.89. The molecule has 0 N–H and O–H groups in total. The molecule has 1 aromatic carbocycles. The number of carbonyl (C=O) groups is 1. The van der Waals surface area contributed by atoms with Crippen molar-refractivity contribution in [3.63, 3.8) is 0 Å². The number of pyridine rings is 1. The van der Waals surface area contributed by atoms with Gasteiger partial charge in [-0.2, -0.15) is 4.57 Å². The molecule has 0 aliphatic heterocycles. The van der Waals surface area contributed by atoms with Crippen molar-refractivity contribution >= 4 is 21.7 Å². The van der Waals surface area contributed by atoms with Gasteiger partial charge in [0, 0.05) is 33.6 Å². The van der Waals surface area contributed by atoms with E-state index in [-0.39, 0.29) is 35.1 Å². The Balaban J connectivity index is 0.00000162. The Morgan fingerprint density at radius 2 is 1.83 bits per heavy atom. The van der Waals surface area contributed by atoms with Gasteiger partial charge in [-0.15, -0.1) is 0 Å². The van der Waals surface area contributed by atoms with Gasteiger partial charge in [0.15, 0.2) is 6.20 Å². The molecule has 0 amide bonds. The molecule has 0 fully saturated rings. The first-order valence-electron chi connectivity index (χ1n) is 5.09. The smallest absolute Gasteiger partial charge is 0.248 e. The largest absolute Gasteiger partial charge is 1.00 e. The van der Waals surface area contributed by atoms with Crippen molar-refractivity contribution in [3.8, 4) is 0 Å². The Morgan fingerprint density at radius 3 is 2.44 bits per heavy atom. The van der Waals surface area contributed by atoms with Crippen molar-refractivity contribution in [2.24, 2.45) is 0 Å². The van der Waals surface area contributed by atoms with Crippen molar-refractivity contribution < 1.29 is 30.7 Å². The maximum atomic E-state index is 12.7. The zero-order valence-corrected chi connectivity index (χ0v) is 12.5. The molecule has 94 valence electrons.